The fraction of sp³-hybridized carbons (Fsp3) is 0.333. The second kappa shape index (κ2) is 9.62. The number of carbonyl (C=O) groups is 2. The highest BCUT2D eigenvalue weighted by Crippen LogP contribution is 2.17. The molecule has 1 N–H and O–H groups in total. The van der Waals surface area contributed by atoms with Crippen molar-refractivity contribution >= 4 is 17.5 Å². The minimum absolute atomic E-state index is 0.0110. The molecule has 0 fully saturated rings. The topological polar surface area (TPSA) is 49.4 Å². The van der Waals surface area contributed by atoms with Crippen molar-refractivity contribution < 1.29 is 9.59 Å². The summed E-state index contributed by atoms with van der Waals surface area (Å²) in [5, 5.41) is 2.79. The largest absolute Gasteiger partial charge is 0.347 e. The molecule has 0 spiro atoms. The molecule has 0 aromatic heterocycles. The van der Waals surface area contributed by atoms with Gasteiger partial charge in [0.05, 0.1) is 13.1 Å². The maximum atomic E-state index is 12.8. The molecule has 25 heavy (non-hydrogen) atoms. The molecule has 0 atom stereocenters. The van der Waals surface area contributed by atoms with Gasteiger partial charge in [0.15, 0.2) is 0 Å². The van der Waals surface area contributed by atoms with Gasteiger partial charge in [-0.15, -0.1) is 0 Å². The van der Waals surface area contributed by atoms with E-state index in [1.165, 1.54) is 0 Å². The molecule has 2 amide bonds. The van der Waals surface area contributed by atoms with Gasteiger partial charge >= 0.3 is 0 Å². The maximum absolute atomic E-state index is 12.8. The molecule has 0 unspecified atom stereocenters. The van der Waals surface area contributed by atoms with Crippen LogP contribution in [0, 0.1) is 5.92 Å². The molecular weight excluding hydrogens is 312 g/mol. The molecule has 0 radical (unpaired) electrons. The van der Waals surface area contributed by atoms with Crippen LogP contribution in [0.15, 0.2) is 60.7 Å². The minimum Gasteiger partial charge on any atom is -0.347 e. The Kier molecular flexibility index (Phi) is 7.20. The molecule has 0 aliphatic carbocycles. The summed E-state index contributed by atoms with van der Waals surface area (Å²) < 4.78 is 0. The Balaban J connectivity index is 2.09. The zero-order valence-corrected chi connectivity index (χ0v) is 14.9. The Morgan fingerprint density at radius 1 is 0.920 bits per heavy atom. The van der Waals surface area contributed by atoms with Gasteiger partial charge in [-0.3, -0.25) is 9.59 Å². The lowest BCUT2D eigenvalue weighted by Gasteiger charge is -2.24. The molecule has 0 bridgehead atoms. The van der Waals surface area contributed by atoms with Gasteiger partial charge in [0.2, 0.25) is 11.8 Å². The van der Waals surface area contributed by atoms with Crippen molar-refractivity contribution in [3.63, 3.8) is 0 Å². The summed E-state index contributed by atoms with van der Waals surface area (Å²) in [6, 6.07) is 19.4. The van der Waals surface area contributed by atoms with Crippen molar-refractivity contribution in [2.75, 3.05) is 11.4 Å². The number of hydrogen-bond donors (Lipinski definition) is 1. The first-order valence-corrected chi connectivity index (χ1v) is 8.82. The minimum atomic E-state index is -0.116. The monoisotopic (exact) mass is 338 g/mol. The van der Waals surface area contributed by atoms with Gasteiger partial charge in [0, 0.05) is 11.6 Å². The van der Waals surface area contributed by atoms with Gasteiger partial charge in [-0.1, -0.05) is 62.4 Å². The zero-order chi connectivity index (χ0) is 18.1. The third-order valence-corrected chi connectivity index (χ3v) is 4.32. The van der Waals surface area contributed by atoms with Gasteiger partial charge in [0.1, 0.15) is 0 Å². The number of carbonyl (C=O) groups excluding carboxylic acids is 2. The number of hydrogen-bond acceptors (Lipinski definition) is 2. The van der Waals surface area contributed by atoms with Crippen LogP contribution in [0.5, 0.6) is 0 Å². The van der Waals surface area contributed by atoms with E-state index in [1.54, 1.807) is 4.90 Å². The van der Waals surface area contributed by atoms with Crippen molar-refractivity contribution in [1.29, 1.82) is 0 Å². The summed E-state index contributed by atoms with van der Waals surface area (Å²) in [7, 11) is 0. The number of anilines is 1. The Bertz CT molecular complexity index is 667. The van der Waals surface area contributed by atoms with E-state index >= 15 is 0 Å². The van der Waals surface area contributed by atoms with Crippen molar-refractivity contribution in [3.05, 3.63) is 66.2 Å². The van der Waals surface area contributed by atoms with Gasteiger partial charge in [-0.05, 0) is 30.5 Å². The Labute approximate surface area is 149 Å². The maximum Gasteiger partial charge on any atom is 0.246 e. The fourth-order valence-corrected chi connectivity index (χ4v) is 2.76. The molecule has 2 rings (SSSR count). The summed E-state index contributed by atoms with van der Waals surface area (Å²) in [5.41, 5.74) is 1.87. The van der Waals surface area contributed by atoms with E-state index in [0.29, 0.717) is 6.54 Å². The second-order valence-electron chi connectivity index (χ2n) is 6.03. The molecule has 0 aliphatic rings. The highest BCUT2D eigenvalue weighted by Gasteiger charge is 2.19. The molecular formula is C21H26N2O2. The summed E-state index contributed by atoms with van der Waals surface area (Å²) >= 11 is 0. The Morgan fingerprint density at radius 2 is 1.48 bits per heavy atom. The van der Waals surface area contributed by atoms with Crippen LogP contribution in [0.2, 0.25) is 0 Å². The first-order chi connectivity index (χ1) is 12.2. The zero-order valence-electron chi connectivity index (χ0n) is 14.9. The van der Waals surface area contributed by atoms with E-state index in [1.807, 2.05) is 74.5 Å². The Hall–Kier alpha value is -2.62. The highest BCUT2D eigenvalue weighted by molar-refractivity contribution is 5.96. The lowest BCUT2D eigenvalue weighted by atomic mass is 10.0. The van der Waals surface area contributed by atoms with Crippen LogP contribution < -0.4 is 10.2 Å². The van der Waals surface area contributed by atoms with E-state index in [0.717, 1.165) is 24.1 Å². The number of para-hydroxylation sites is 1. The number of benzene rings is 2. The summed E-state index contributed by atoms with van der Waals surface area (Å²) in [6.45, 7) is 4.46. The number of rotatable bonds is 8. The van der Waals surface area contributed by atoms with Gasteiger partial charge in [-0.25, -0.2) is 0 Å². The average molecular weight is 338 g/mol. The van der Waals surface area contributed by atoms with Crippen LogP contribution in [-0.2, 0) is 16.1 Å². The predicted octanol–water partition coefficient (Wildman–Crippen LogP) is 3.77. The molecule has 0 heterocycles. The van der Waals surface area contributed by atoms with Crippen LogP contribution in [0.4, 0.5) is 5.69 Å². The van der Waals surface area contributed by atoms with Crippen molar-refractivity contribution in [2.24, 2.45) is 5.92 Å². The van der Waals surface area contributed by atoms with E-state index in [9.17, 15) is 9.59 Å². The van der Waals surface area contributed by atoms with Crippen molar-refractivity contribution in [1.82, 2.24) is 5.32 Å². The molecule has 2 aromatic carbocycles. The van der Waals surface area contributed by atoms with Gasteiger partial charge in [-0.2, -0.15) is 0 Å². The first-order valence-electron chi connectivity index (χ1n) is 8.82. The normalized spacial score (nSPS) is 10.5. The summed E-state index contributed by atoms with van der Waals surface area (Å²) in [4.78, 5) is 26.6. The van der Waals surface area contributed by atoms with E-state index in [-0.39, 0.29) is 24.3 Å². The molecule has 4 nitrogen and oxygen atoms in total. The van der Waals surface area contributed by atoms with Crippen LogP contribution in [0.1, 0.15) is 32.3 Å². The molecule has 4 heteroatoms. The van der Waals surface area contributed by atoms with Gasteiger partial charge < -0.3 is 10.2 Å². The standard InChI is InChI=1S/C21H26N2O2/c1-3-18(4-2)21(25)22-15-20(24)23(19-13-9-6-10-14-19)16-17-11-7-5-8-12-17/h5-14,18H,3-4,15-16H2,1-2H3,(H,22,25). The lowest BCUT2D eigenvalue weighted by Crippen LogP contribution is -2.41. The van der Waals surface area contributed by atoms with Crippen LogP contribution in [-0.4, -0.2) is 18.4 Å². The molecule has 0 saturated carbocycles. The first kappa shape index (κ1) is 18.7. The molecule has 0 saturated heterocycles. The molecule has 132 valence electrons. The molecule has 0 aliphatic heterocycles. The van der Waals surface area contributed by atoms with Crippen molar-refractivity contribution in [3.8, 4) is 0 Å². The quantitative estimate of drug-likeness (QED) is 0.796. The van der Waals surface area contributed by atoms with Crippen molar-refractivity contribution in [2.45, 2.75) is 33.2 Å². The van der Waals surface area contributed by atoms with Crippen LogP contribution >= 0.6 is 0 Å². The third-order valence-electron chi connectivity index (χ3n) is 4.32. The number of amides is 2. The number of nitrogens with zero attached hydrogens (tertiary/aromatic N) is 1. The average Bonchev–Trinajstić information content (AvgIpc) is 2.66. The lowest BCUT2D eigenvalue weighted by molar-refractivity contribution is -0.128. The number of nitrogens with one attached hydrogen (secondary N) is 1. The van der Waals surface area contributed by atoms with E-state index in [4.69, 9.17) is 0 Å². The fourth-order valence-electron chi connectivity index (χ4n) is 2.76. The molecule has 2 aromatic rings. The smallest absolute Gasteiger partial charge is 0.246 e. The van der Waals surface area contributed by atoms with Crippen LogP contribution in [0.3, 0.4) is 0 Å². The second-order valence-corrected chi connectivity index (χ2v) is 6.03. The summed E-state index contributed by atoms with van der Waals surface area (Å²) in [5.74, 6) is -0.201. The highest BCUT2D eigenvalue weighted by atomic mass is 16.2. The third kappa shape index (κ3) is 5.45. The Morgan fingerprint density at radius 3 is 2.04 bits per heavy atom. The van der Waals surface area contributed by atoms with Crippen LogP contribution in [0.25, 0.3) is 0 Å². The predicted molar refractivity (Wildman–Crippen MR) is 101 cm³/mol. The van der Waals surface area contributed by atoms with E-state index < -0.39 is 0 Å². The van der Waals surface area contributed by atoms with E-state index in [2.05, 4.69) is 5.32 Å². The van der Waals surface area contributed by atoms with Gasteiger partial charge in [0.25, 0.3) is 0 Å². The SMILES string of the molecule is CCC(CC)C(=O)NCC(=O)N(Cc1ccccc1)c1ccccc1. The summed E-state index contributed by atoms with van der Waals surface area (Å²) in [6.07, 6.45) is 1.56.